The van der Waals surface area contributed by atoms with Gasteiger partial charge in [0, 0.05) is 11.4 Å². The number of carbonyl (C=O) groups is 2. The Morgan fingerprint density at radius 2 is 0.797 bits per heavy atom. The molecule has 2 fully saturated rings. The molecular formula is C48H50Cl4N10O2. The predicted octanol–water partition coefficient (Wildman–Crippen LogP) is 11.6. The monoisotopic (exact) mass is 938 g/mol. The van der Waals surface area contributed by atoms with Crippen LogP contribution < -0.4 is 21.3 Å². The first-order valence-electron chi connectivity index (χ1n) is 21.5. The van der Waals surface area contributed by atoms with Crippen LogP contribution in [0.25, 0.3) is 0 Å². The Labute approximate surface area is 394 Å². The van der Waals surface area contributed by atoms with Crippen LogP contribution in [-0.2, 0) is 12.8 Å². The highest BCUT2D eigenvalue weighted by molar-refractivity contribution is 6.41. The van der Waals surface area contributed by atoms with Crippen molar-refractivity contribution in [1.82, 2.24) is 29.7 Å². The number of benzene rings is 4. The van der Waals surface area contributed by atoms with Gasteiger partial charge in [-0.15, -0.1) is 0 Å². The molecule has 0 atom stereocenters. The average Bonchev–Trinajstić information content (AvgIpc) is 4.02. The second-order valence-electron chi connectivity index (χ2n) is 15.6. The SMILES string of the molecule is O=C(Nc1cnc(Nc2ccc(CCCN3CCCC3)cc2)nc1)c1c(Cl)cccc1Cl.O=C(Nc1cnc(Nc2ccc(CCCN3CCCC3)cc2)nc1)c1c(Cl)cccc1Cl. The number of carbonyl (C=O) groups excluding carboxylic acids is 2. The van der Waals surface area contributed by atoms with Gasteiger partial charge >= 0.3 is 0 Å². The van der Waals surface area contributed by atoms with Gasteiger partial charge in [0.2, 0.25) is 11.9 Å². The normalized spacial score (nSPS) is 13.8. The largest absolute Gasteiger partial charge is 0.324 e. The predicted molar refractivity (Wildman–Crippen MR) is 260 cm³/mol. The maximum absolute atomic E-state index is 12.5. The zero-order valence-electron chi connectivity index (χ0n) is 35.3. The van der Waals surface area contributed by atoms with Gasteiger partial charge in [-0.25, -0.2) is 19.9 Å². The minimum atomic E-state index is -0.412. The molecule has 0 saturated carbocycles. The van der Waals surface area contributed by atoms with Crippen molar-refractivity contribution in [2.45, 2.75) is 51.4 Å². The van der Waals surface area contributed by atoms with Gasteiger partial charge < -0.3 is 31.1 Å². The third-order valence-electron chi connectivity index (χ3n) is 10.9. The number of hydrogen-bond donors (Lipinski definition) is 4. The van der Waals surface area contributed by atoms with Crippen molar-refractivity contribution in [3.63, 3.8) is 0 Å². The van der Waals surface area contributed by atoms with Gasteiger partial charge in [0.15, 0.2) is 0 Å². The second kappa shape index (κ2) is 23.5. The summed E-state index contributed by atoms with van der Waals surface area (Å²) in [5, 5.41) is 12.9. The van der Waals surface area contributed by atoms with Gasteiger partial charge in [-0.05, 0) is 150 Å². The van der Waals surface area contributed by atoms with E-state index < -0.39 is 11.8 Å². The molecule has 2 aliphatic rings. The molecule has 332 valence electrons. The fraction of sp³-hybridized carbons (Fsp3) is 0.292. The number of halogens is 4. The number of aryl methyl sites for hydroxylation is 2. The van der Waals surface area contributed by atoms with Gasteiger partial charge in [0.1, 0.15) is 0 Å². The molecule has 64 heavy (non-hydrogen) atoms. The highest BCUT2D eigenvalue weighted by Crippen LogP contribution is 2.27. The van der Waals surface area contributed by atoms with Crippen LogP contribution >= 0.6 is 46.4 Å². The number of amides is 2. The van der Waals surface area contributed by atoms with Crippen molar-refractivity contribution in [3.05, 3.63) is 152 Å². The van der Waals surface area contributed by atoms with E-state index in [-0.39, 0.29) is 31.2 Å². The fourth-order valence-electron chi connectivity index (χ4n) is 7.52. The Balaban J connectivity index is 0.000000191. The molecule has 0 spiro atoms. The van der Waals surface area contributed by atoms with E-state index in [1.807, 2.05) is 24.3 Å². The molecular weight excluding hydrogens is 890 g/mol. The van der Waals surface area contributed by atoms with E-state index in [2.05, 4.69) is 75.3 Å². The maximum atomic E-state index is 12.5. The summed E-state index contributed by atoms with van der Waals surface area (Å²) in [6.07, 6.45) is 16.0. The molecule has 0 radical (unpaired) electrons. The molecule has 4 N–H and O–H groups in total. The zero-order valence-corrected chi connectivity index (χ0v) is 38.3. The van der Waals surface area contributed by atoms with Crippen molar-refractivity contribution in [3.8, 4) is 0 Å². The van der Waals surface area contributed by atoms with E-state index in [4.69, 9.17) is 46.4 Å². The molecule has 0 aliphatic carbocycles. The molecule has 8 rings (SSSR count). The lowest BCUT2D eigenvalue weighted by Gasteiger charge is -2.14. The molecule has 0 unspecified atom stereocenters. The standard InChI is InChI=1S/2C24H25Cl2N5O/c2*25-20-6-3-7-21(26)22(20)23(32)29-19-15-27-24(28-16-19)30-18-10-8-17(9-11-18)5-4-14-31-12-1-2-13-31/h2*3,6-11,15-16H,1-2,4-5,12-14H2,(H,29,32)(H,27,28,30). The van der Waals surface area contributed by atoms with Gasteiger partial charge in [0.05, 0.1) is 67.4 Å². The van der Waals surface area contributed by atoms with Crippen LogP contribution in [0.1, 0.15) is 70.4 Å². The van der Waals surface area contributed by atoms with Crippen LogP contribution in [-0.4, -0.2) is 80.8 Å². The zero-order chi connectivity index (χ0) is 44.7. The first-order chi connectivity index (χ1) is 31.2. The number of hydrogen-bond acceptors (Lipinski definition) is 10. The number of anilines is 6. The van der Waals surface area contributed by atoms with Crippen molar-refractivity contribution >= 4 is 92.9 Å². The Kier molecular flexibility index (Phi) is 17.2. The van der Waals surface area contributed by atoms with Crippen molar-refractivity contribution in [2.75, 3.05) is 60.5 Å². The quantitative estimate of drug-likeness (QED) is 0.0741. The fourth-order valence-corrected chi connectivity index (χ4v) is 8.66. The average molecular weight is 941 g/mol. The Bertz CT molecular complexity index is 2230. The highest BCUT2D eigenvalue weighted by Gasteiger charge is 2.17. The Morgan fingerprint density at radius 1 is 0.469 bits per heavy atom. The van der Waals surface area contributed by atoms with Gasteiger partial charge in [0.25, 0.3) is 11.8 Å². The molecule has 4 heterocycles. The molecule has 2 amide bonds. The van der Waals surface area contributed by atoms with Gasteiger partial charge in [-0.3, -0.25) is 9.59 Å². The van der Waals surface area contributed by atoms with Crippen LogP contribution in [0.4, 0.5) is 34.6 Å². The Hall–Kier alpha value is -5.34. The molecule has 0 bridgehead atoms. The molecule has 16 heteroatoms. The van der Waals surface area contributed by atoms with Crippen molar-refractivity contribution in [2.24, 2.45) is 0 Å². The topological polar surface area (TPSA) is 140 Å². The van der Waals surface area contributed by atoms with E-state index in [0.29, 0.717) is 23.3 Å². The summed E-state index contributed by atoms with van der Waals surface area (Å²) < 4.78 is 0. The van der Waals surface area contributed by atoms with Crippen molar-refractivity contribution < 1.29 is 9.59 Å². The Morgan fingerprint density at radius 3 is 1.12 bits per heavy atom. The lowest BCUT2D eigenvalue weighted by molar-refractivity contribution is 0.101. The smallest absolute Gasteiger partial charge is 0.258 e. The van der Waals surface area contributed by atoms with Crippen LogP contribution in [0.5, 0.6) is 0 Å². The maximum Gasteiger partial charge on any atom is 0.258 e. The first-order valence-corrected chi connectivity index (χ1v) is 23.0. The molecule has 4 aromatic carbocycles. The summed E-state index contributed by atoms with van der Waals surface area (Å²) in [6.45, 7) is 7.36. The summed E-state index contributed by atoms with van der Waals surface area (Å²) in [5.41, 5.74) is 5.81. The first kappa shape index (κ1) is 46.6. The third kappa shape index (κ3) is 13.8. The summed E-state index contributed by atoms with van der Waals surface area (Å²) in [6, 6.07) is 26.5. The van der Waals surface area contributed by atoms with E-state index in [9.17, 15) is 9.59 Å². The second-order valence-corrected chi connectivity index (χ2v) is 17.3. The lowest BCUT2D eigenvalue weighted by Crippen LogP contribution is -2.20. The van der Waals surface area contributed by atoms with Crippen molar-refractivity contribution in [1.29, 1.82) is 0 Å². The lowest BCUT2D eigenvalue weighted by atomic mass is 10.1. The molecule has 2 aliphatic heterocycles. The summed E-state index contributed by atoms with van der Waals surface area (Å²) in [5.74, 6) is 0.0663. The van der Waals surface area contributed by atoms with Gasteiger partial charge in [-0.2, -0.15) is 0 Å². The minimum Gasteiger partial charge on any atom is -0.324 e. The van der Waals surface area contributed by atoms with E-state index >= 15 is 0 Å². The van der Waals surface area contributed by atoms with Crippen LogP contribution in [0.15, 0.2) is 110 Å². The highest BCUT2D eigenvalue weighted by atomic mass is 35.5. The van der Waals surface area contributed by atoms with E-state index in [1.54, 1.807) is 36.4 Å². The van der Waals surface area contributed by atoms with Crippen LogP contribution in [0, 0.1) is 0 Å². The summed E-state index contributed by atoms with van der Waals surface area (Å²) >= 11 is 24.3. The minimum absolute atomic E-state index is 0.221. The van der Waals surface area contributed by atoms with E-state index in [0.717, 1.165) is 24.2 Å². The molecule has 12 nitrogen and oxygen atoms in total. The molecule has 2 saturated heterocycles. The number of aromatic nitrogens is 4. The molecule has 6 aromatic rings. The number of likely N-dealkylation sites (tertiary alicyclic amines) is 2. The number of nitrogens with one attached hydrogen (secondary N) is 4. The van der Waals surface area contributed by atoms with E-state index in [1.165, 1.54) is 114 Å². The number of nitrogens with zero attached hydrogens (tertiary/aromatic N) is 6. The summed E-state index contributed by atoms with van der Waals surface area (Å²) in [7, 11) is 0. The van der Waals surface area contributed by atoms with Crippen LogP contribution in [0.3, 0.4) is 0 Å². The van der Waals surface area contributed by atoms with Gasteiger partial charge in [-0.1, -0.05) is 82.8 Å². The number of rotatable bonds is 16. The summed E-state index contributed by atoms with van der Waals surface area (Å²) in [4.78, 5) is 47.1. The third-order valence-corrected chi connectivity index (χ3v) is 12.2. The molecule has 2 aromatic heterocycles. The van der Waals surface area contributed by atoms with Crippen LogP contribution in [0.2, 0.25) is 20.1 Å².